The van der Waals surface area contributed by atoms with E-state index in [9.17, 15) is 4.79 Å². The van der Waals surface area contributed by atoms with Crippen LogP contribution in [0.5, 0.6) is 0 Å². The molecule has 108 valence electrons. The Labute approximate surface area is 128 Å². The Balaban J connectivity index is 2.18. The summed E-state index contributed by atoms with van der Waals surface area (Å²) in [7, 11) is 0. The quantitative estimate of drug-likeness (QED) is 0.766. The zero-order valence-electron chi connectivity index (χ0n) is 11.5. The van der Waals surface area contributed by atoms with Crippen molar-refractivity contribution in [3.8, 4) is 6.07 Å². The van der Waals surface area contributed by atoms with Crippen LogP contribution in [0.25, 0.3) is 0 Å². The molecule has 0 aliphatic heterocycles. The summed E-state index contributed by atoms with van der Waals surface area (Å²) in [5.41, 5.74) is 1.46. The number of hydrogen-bond acceptors (Lipinski definition) is 3. The minimum absolute atomic E-state index is 0.131. The second kappa shape index (κ2) is 7.51. The fourth-order valence-corrected chi connectivity index (χ4v) is 2.16. The third-order valence-electron chi connectivity index (χ3n) is 3.04. The molecule has 0 fully saturated rings. The van der Waals surface area contributed by atoms with Gasteiger partial charge in [-0.25, -0.2) is 0 Å². The molecule has 0 atom stereocenters. The van der Waals surface area contributed by atoms with E-state index in [-0.39, 0.29) is 12.3 Å². The molecular formula is C16H15ClN2O2. The first-order valence-corrected chi connectivity index (χ1v) is 7.11. The Morgan fingerprint density at radius 3 is 2.86 bits per heavy atom. The molecule has 0 saturated heterocycles. The Morgan fingerprint density at radius 1 is 1.33 bits per heavy atom. The lowest BCUT2D eigenvalue weighted by Crippen LogP contribution is -2.31. The van der Waals surface area contributed by atoms with E-state index in [1.54, 1.807) is 35.4 Å². The lowest BCUT2D eigenvalue weighted by Gasteiger charge is -2.20. The average molecular weight is 303 g/mol. The molecule has 0 saturated carbocycles. The van der Waals surface area contributed by atoms with Crippen LogP contribution in [0.3, 0.4) is 0 Å². The SMILES string of the molecule is N#CCCN(Cc1ccco1)C(=O)c1cccc(CCl)c1. The first-order valence-electron chi connectivity index (χ1n) is 6.58. The van der Waals surface area contributed by atoms with E-state index in [0.29, 0.717) is 30.3 Å². The van der Waals surface area contributed by atoms with Crippen molar-refractivity contribution in [3.05, 3.63) is 59.5 Å². The van der Waals surface area contributed by atoms with Gasteiger partial charge in [-0.2, -0.15) is 5.26 Å². The van der Waals surface area contributed by atoms with Crippen LogP contribution in [0, 0.1) is 11.3 Å². The van der Waals surface area contributed by atoms with Gasteiger partial charge in [-0.1, -0.05) is 12.1 Å². The molecule has 0 radical (unpaired) electrons. The van der Waals surface area contributed by atoms with E-state index in [1.165, 1.54) is 0 Å². The number of carbonyl (C=O) groups excluding carboxylic acids is 1. The van der Waals surface area contributed by atoms with E-state index in [4.69, 9.17) is 21.3 Å². The van der Waals surface area contributed by atoms with Gasteiger partial charge >= 0.3 is 0 Å². The van der Waals surface area contributed by atoms with E-state index in [1.807, 2.05) is 12.1 Å². The van der Waals surface area contributed by atoms with Gasteiger partial charge in [0.2, 0.25) is 0 Å². The summed E-state index contributed by atoms with van der Waals surface area (Å²) in [4.78, 5) is 14.2. The largest absolute Gasteiger partial charge is 0.467 e. The van der Waals surface area contributed by atoms with Crippen molar-refractivity contribution in [2.24, 2.45) is 0 Å². The Bertz CT molecular complexity index is 632. The first-order chi connectivity index (χ1) is 10.2. The number of alkyl halides is 1. The second-order valence-electron chi connectivity index (χ2n) is 4.55. The zero-order valence-corrected chi connectivity index (χ0v) is 12.2. The molecule has 0 N–H and O–H groups in total. The van der Waals surface area contributed by atoms with E-state index in [0.717, 1.165) is 5.56 Å². The molecule has 1 heterocycles. The summed E-state index contributed by atoms with van der Waals surface area (Å²) in [5, 5.41) is 8.75. The van der Waals surface area contributed by atoms with Crippen LogP contribution in [0.2, 0.25) is 0 Å². The molecule has 0 spiro atoms. The van der Waals surface area contributed by atoms with Crippen LogP contribution in [0.4, 0.5) is 0 Å². The molecule has 5 heteroatoms. The molecule has 0 bridgehead atoms. The summed E-state index contributed by atoms with van der Waals surface area (Å²) < 4.78 is 5.28. The number of benzene rings is 1. The summed E-state index contributed by atoms with van der Waals surface area (Å²) in [6, 6.07) is 12.8. The number of carbonyl (C=O) groups is 1. The van der Waals surface area contributed by atoms with Crippen molar-refractivity contribution in [3.63, 3.8) is 0 Å². The standard InChI is InChI=1S/C16H15ClN2O2/c17-11-13-4-1-5-14(10-13)16(20)19(8-3-7-18)12-15-6-2-9-21-15/h1-2,4-6,9-10H,3,8,11-12H2. The van der Waals surface area contributed by atoms with Crippen molar-refractivity contribution in [2.75, 3.05) is 6.54 Å². The van der Waals surface area contributed by atoms with Gasteiger partial charge in [0.1, 0.15) is 5.76 Å². The summed E-state index contributed by atoms with van der Waals surface area (Å²) >= 11 is 5.80. The van der Waals surface area contributed by atoms with Crippen molar-refractivity contribution in [2.45, 2.75) is 18.8 Å². The Hall–Kier alpha value is -2.25. The Kier molecular flexibility index (Phi) is 5.42. The molecule has 1 amide bonds. The first kappa shape index (κ1) is 15.1. The van der Waals surface area contributed by atoms with Crippen LogP contribution in [-0.2, 0) is 12.4 Å². The second-order valence-corrected chi connectivity index (χ2v) is 4.82. The number of furan rings is 1. The number of rotatable bonds is 6. The van der Waals surface area contributed by atoms with E-state index < -0.39 is 0 Å². The highest BCUT2D eigenvalue weighted by Gasteiger charge is 2.17. The molecule has 1 aromatic carbocycles. The minimum atomic E-state index is -0.131. The molecule has 21 heavy (non-hydrogen) atoms. The molecular weight excluding hydrogens is 288 g/mol. The number of hydrogen-bond donors (Lipinski definition) is 0. The number of nitriles is 1. The lowest BCUT2D eigenvalue weighted by molar-refractivity contribution is 0.0735. The van der Waals surface area contributed by atoms with Crippen LogP contribution in [0.15, 0.2) is 47.1 Å². The zero-order chi connectivity index (χ0) is 15.1. The van der Waals surface area contributed by atoms with Gasteiger partial charge < -0.3 is 9.32 Å². The summed E-state index contributed by atoms with van der Waals surface area (Å²) in [6.45, 7) is 0.708. The third-order valence-corrected chi connectivity index (χ3v) is 3.34. The summed E-state index contributed by atoms with van der Waals surface area (Å²) in [6.07, 6.45) is 1.85. The fraction of sp³-hybridized carbons (Fsp3) is 0.250. The highest BCUT2D eigenvalue weighted by molar-refractivity contribution is 6.17. The molecule has 4 nitrogen and oxygen atoms in total. The maximum atomic E-state index is 12.6. The van der Waals surface area contributed by atoms with Crippen molar-refractivity contribution >= 4 is 17.5 Å². The van der Waals surface area contributed by atoms with Crippen molar-refractivity contribution in [1.29, 1.82) is 5.26 Å². The highest BCUT2D eigenvalue weighted by Crippen LogP contribution is 2.14. The molecule has 2 aromatic rings. The minimum Gasteiger partial charge on any atom is -0.467 e. The topological polar surface area (TPSA) is 57.2 Å². The smallest absolute Gasteiger partial charge is 0.254 e. The van der Waals surface area contributed by atoms with Crippen LogP contribution in [0.1, 0.15) is 28.1 Å². The predicted molar refractivity (Wildman–Crippen MR) is 79.7 cm³/mol. The van der Waals surface area contributed by atoms with Crippen LogP contribution >= 0.6 is 11.6 Å². The number of amides is 1. The number of halogens is 1. The third kappa shape index (κ3) is 4.11. The summed E-state index contributed by atoms with van der Waals surface area (Å²) in [5.74, 6) is 0.917. The van der Waals surface area contributed by atoms with Gasteiger partial charge in [0.25, 0.3) is 5.91 Å². The lowest BCUT2D eigenvalue weighted by atomic mass is 10.1. The Morgan fingerprint density at radius 2 is 2.19 bits per heavy atom. The molecule has 0 unspecified atom stereocenters. The van der Waals surface area contributed by atoms with Gasteiger partial charge in [0.05, 0.1) is 25.3 Å². The van der Waals surface area contributed by atoms with Gasteiger partial charge in [-0.15, -0.1) is 11.6 Å². The van der Waals surface area contributed by atoms with Gasteiger partial charge in [-0.05, 0) is 29.8 Å². The monoisotopic (exact) mass is 302 g/mol. The molecule has 0 aliphatic rings. The molecule has 1 aromatic heterocycles. The maximum absolute atomic E-state index is 12.6. The normalized spacial score (nSPS) is 10.1. The fourth-order valence-electron chi connectivity index (χ4n) is 2.00. The maximum Gasteiger partial charge on any atom is 0.254 e. The van der Waals surface area contributed by atoms with Gasteiger partial charge in [0, 0.05) is 18.0 Å². The van der Waals surface area contributed by atoms with Crippen LogP contribution < -0.4 is 0 Å². The van der Waals surface area contributed by atoms with E-state index in [2.05, 4.69) is 6.07 Å². The predicted octanol–water partition coefficient (Wildman–Crippen LogP) is 3.57. The van der Waals surface area contributed by atoms with Gasteiger partial charge in [0.15, 0.2) is 0 Å². The average Bonchev–Trinajstić information content (AvgIpc) is 3.03. The van der Waals surface area contributed by atoms with Crippen LogP contribution in [-0.4, -0.2) is 17.4 Å². The van der Waals surface area contributed by atoms with Crippen molar-refractivity contribution in [1.82, 2.24) is 4.90 Å². The highest BCUT2D eigenvalue weighted by atomic mass is 35.5. The van der Waals surface area contributed by atoms with Crippen molar-refractivity contribution < 1.29 is 9.21 Å². The molecule has 2 rings (SSSR count). The van der Waals surface area contributed by atoms with E-state index >= 15 is 0 Å². The molecule has 0 aliphatic carbocycles. The van der Waals surface area contributed by atoms with Gasteiger partial charge in [-0.3, -0.25) is 4.79 Å². The number of nitrogens with zero attached hydrogens (tertiary/aromatic N) is 2.